The first-order valence-electron chi connectivity index (χ1n) is 4.57. The molecule has 0 spiro atoms. The van der Waals surface area contributed by atoms with E-state index < -0.39 is 11.4 Å². The van der Waals surface area contributed by atoms with Gasteiger partial charge in [0.1, 0.15) is 5.41 Å². The maximum Gasteiger partial charge on any atom is 0.316 e. The van der Waals surface area contributed by atoms with Crippen molar-refractivity contribution in [2.45, 2.75) is 19.3 Å². The van der Waals surface area contributed by atoms with E-state index in [0.29, 0.717) is 11.5 Å². The Balaban J connectivity index is 2.58. The number of fused-ring (bicyclic) bond motifs is 1. The fourth-order valence-corrected chi connectivity index (χ4v) is 1.19. The molecule has 0 radical (unpaired) electrons. The van der Waals surface area contributed by atoms with Gasteiger partial charge in [0.05, 0.1) is 0 Å². The Labute approximate surface area is 86.4 Å². The van der Waals surface area contributed by atoms with Crippen LogP contribution in [0.2, 0.25) is 0 Å². The van der Waals surface area contributed by atoms with Crippen molar-refractivity contribution in [2.24, 2.45) is 0 Å². The second kappa shape index (κ2) is 3.05. The van der Waals surface area contributed by atoms with Gasteiger partial charge in [-0.05, 0) is 26.0 Å². The number of hydrogen-bond donors (Lipinski definition) is 1. The molecule has 5 nitrogen and oxygen atoms in total. The second-order valence-corrected chi connectivity index (χ2v) is 3.87. The van der Waals surface area contributed by atoms with E-state index in [1.54, 1.807) is 30.6 Å². The Morgan fingerprint density at radius 2 is 2.20 bits per heavy atom. The minimum absolute atomic E-state index is 0.321. The Morgan fingerprint density at radius 3 is 2.80 bits per heavy atom. The fourth-order valence-electron chi connectivity index (χ4n) is 1.19. The molecular weight excluding hydrogens is 194 g/mol. The van der Waals surface area contributed by atoms with E-state index in [2.05, 4.69) is 10.1 Å². The molecule has 0 atom stereocenters. The highest BCUT2D eigenvalue weighted by Crippen LogP contribution is 2.20. The van der Waals surface area contributed by atoms with Crippen molar-refractivity contribution in [3.8, 4) is 0 Å². The molecule has 2 aromatic rings. The Hall–Kier alpha value is -1.91. The van der Waals surface area contributed by atoms with Crippen LogP contribution < -0.4 is 0 Å². The number of aromatic nitrogens is 3. The SMILES string of the molecule is CC(C)(C(=O)O)c1nc2ccccn2n1. The zero-order valence-corrected chi connectivity index (χ0v) is 8.51. The monoisotopic (exact) mass is 205 g/mol. The Morgan fingerprint density at radius 1 is 1.47 bits per heavy atom. The second-order valence-electron chi connectivity index (χ2n) is 3.87. The predicted molar refractivity (Wildman–Crippen MR) is 53.6 cm³/mol. The van der Waals surface area contributed by atoms with Gasteiger partial charge >= 0.3 is 5.97 Å². The Kier molecular flexibility index (Phi) is 1.96. The molecule has 0 fully saturated rings. The van der Waals surface area contributed by atoms with Crippen LogP contribution in [0.5, 0.6) is 0 Å². The van der Waals surface area contributed by atoms with Gasteiger partial charge in [0.15, 0.2) is 11.5 Å². The highest BCUT2D eigenvalue weighted by molar-refractivity contribution is 5.79. The third-order valence-electron chi connectivity index (χ3n) is 2.33. The molecule has 0 unspecified atom stereocenters. The van der Waals surface area contributed by atoms with Crippen molar-refractivity contribution in [2.75, 3.05) is 0 Å². The Bertz CT molecular complexity index is 483. The number of carbonyl (C=O) groups is 1. The number of pyridine rings is 1. The molecule has 0 bridgehead atoms. The summed E-state index contributed by atoms with van der Waals surface area (Å²) in [5, 5.41) is 13.2. The van der Waals surface area contributed by atoms with Gasteiger partial charge in [0.2, 0.25) is 0 Å². The van der Waals surface area contributed by atoms with Crippen molar-refractivity contribution in [1.29, 1.82) is 0 Å². The number of hydrogen-bond acceptors (Lipinski definition) is 3. The van der Waals surface area contributed by atoms with Crippen LogP contribution in [0.15, 0.2) is 24.4 Å². The summed E-state index contributed by atoms with van der Waals surface area (Å²) in [6.45, 7) is 3.17. The molecule has 5 heteroatoms. The van der Waals surface area contributed by atoms with E-state index in [4.69, 9.17) is 5.11 Å². The predicted octanol–water partition coefficient (Wildman–Crippen LogP) is 1.09. The van der Waals surface area contributed by atoms with Gasteiger partial charge in [-0.15, -0.1) is 0 Å². The van der Waals surface area contributed by atoms with Crippen LogP contribution in [-0.2, 0) is 10.2 Å². The molecule has 2 rings (SSSR count). The average molecular weight is 205 g/mol. The van der Waals surface area contributed by atoms with Crippen LogP contribution in [0, 0.1) is 0 Å². The van der Waals surface area contributed by atoms with Gasteiger partial charge < -0.3 is 5.11 Å². The molecule has 0 aliphatic rings. The van der Waals surface area contributed by atoms with E-state index >= 15 is 0 Å². The van der Waals surface area contributed by atoms with Gasteiger partial charge in [0.25, 0.3) is 0 Å². The van der Waals surface area contributed by atoms with Crippen molar-refractivity contribution in [1.82, 2.24) is 14.6 Å². The van der Waals surface area contributed by atoms with Crippen LogP contribution in [0.25, 0.3) is 5.65 Å². The molecule has 0 saturated heterocycles. The molecule has 2 heterocycles. The minimum atomic E-state index is -1.06. The van der Waals surface area contributed by atoms with Crippen molar-refractivity contribution < 1.29 is 9.90 Å². The molecule has 2 aromatic heterocycles. The van der Waals surface area contributed by atoms with Gasteiger partial charge in [-0.25, -0.2) is 9.50 Å². The molecule has 0 saturated carbocycles. The molecule has 78 valence electrons. The fraction of sp³-hybridized carbons (Fsp3) is 0.300. The van der Waals surface area contributed by atoms with Crippen LogP contribution >= 0.6 is 0 Å². The van der Waals surface area contributed by atoms with Gasteiger partial charge in [-0.2, -0.15) is 5.10 Å². The van der Waals surface area contributed by atoms with E-state index in [0.717, 1.165) is 0 Å². The van der Waals surface area contributed by atoms with Crippen LogP contribution in [0.3, 0.4) is 0 Å². The smallest absolute Gasteiger partial charge is 0.316 e. The summed E-state index contributed by atoms with van der Waals surface area (Å²) in [6, 6.07) is 5.44. The first-order valence-corrected chi connectivity index (χ1v) is 4.57. The largest absolute Gasteiger partial charge is 0.481 e. The lowest BCUT2D eigenvalue weighted by Crippen LogP contribution is -2.30. The summed E-state index contributed by atoms with van der Waals surface area (Å²) >= 11 is 0. The lowest BCUT2D eigenvalue weighted by atomic mass is 9.93. The van der Waals surface area contributed by atoms with E-state index in [-0.39, 0.29) is 0 Å². The van der Waals surface area contributed by atoms with Gasteiger partial charge in [-0.3, -0.25) is 4.79 Å². The maximum absolute atomic E-state index is 11.0. The molecule has 1 N–H and O–H groups in total. The lowest BCUT2D eigenvalue weighted by molar-refractivity contribution is -0.142. The molecule has 15 heavy (non-hydrogen) atoms. The van der Waals surface area contributed by atoms with E-state index in [1.165, 1.54) is 0 Å². The van der Waals surface area contributed by atoms with E-state index in [1.807, 2.05) is 12.1 Å². The van der Waals surface area contributed by atoms with Crippen LogP contribution in [0.1, 0.15) is 19.7 Å². The summed E-state index contributed by atoms with van der Waals surface area (Å²) in [5.74, 6) is -0.611. The molecule has 0 aliphatic carbocycles. The highest BCUT2D eigenvalue weighted by Gasteiger charge is 2.33. The number of aliphatic carboxylic acids is 1. The maximum atomic E-state index is 11.0. The zero-order valence-electron chi connectivity index (χ0n) is 8.51. The van der Waals surface area contributed by atoms with Gasteiger partial charge in [0, 0.05) is 6.20 Å². The van der Waals surface area contributed by atoms with Crippen molar-refractivity contribution >= 4 is 11.6 Å². The number of carboxylic acids is 1. The number of carboxylic acid groups (broad SMARTS) is 1. The quantitative estimate of drug-likeness (QED) is 0.796. The van der Waals surface area contributed by atoms with Crippen LogP contribution in [0.4, 0.5) is 0 Å². The average Bonchev–Trinajstić information content (AvgIpc) is 2.61. The summed E-state index contributed by atoms with van der Waals surface area (Å²) in [6.07, 6.45) is 1.74. The standard InChI is InChI=1S/C10H11N3O2/c1-10(2,9(14)15)8-11-7-5-3-4-6-13(7)12-8/h3-6H,1-2H3,(H,14,15). The molecule has 0 aliphatic heterocycles. The lowest BCUT2D eigenvalue weighted by Gasteiger charge is -2.13. The van der Waals surface area contributed by atoms with Crippen LogP contribution in [-0.4, -0.2) is 25.7 Å². The minimum Gasteiger partial charge on any atom is -0.481 e. The summed E-state index contributed by atoms with van der Waals surface area (Å²) in [4.78, 5) is 15.2. The summed E-state index contributed by atoms with van der Waals surface area (Å²) in [7, 11) is 0. The summed E-state index contributed by atoms with van der Waals surface area (Å²) in [5.41, 5.74) is -0.409. The van der Waals surface area contributed by atoms with E-state index in [9.17, 15) is 4.79 Å². The van der Waals surface area contributed by atoms with Crippen molar-refractivity contribution in [3.63, 3.8) is 0 Å². The third kappa shape index (κ3) is 1.45. The number of rotatable bonds is 2. The molecular formula is C10H11N3O2. The number of nitrogens with zero attached hydrogens (tertiary/aromatic N) is 3. The zero-order chi connectivity index (χ0) is 11.1. The third-order valence-corrected chi connectivity index (χ3v) is 2.33. The first-order chi connectivity index (χ1) is 7.01. The molecule has 0 aromatic carbocycles. The van der Waals surface area contributed by atoms with Gasteiger partial charge in [-0.1, -0.05) is 6.07 Å². The first kappa shape index (κ1) is 9.64. The highest BCUT2D eigenvalue weighted by atomic mass is 16.4. The normalized spacial score (nSPS) is 11.9. The summed E-state index contributed by atoms with van der Waals surface area (Å²) < 4.78 is 1.57. The topological polar surface area (TPSA) is 67.5 Å². The van der Waals surface area contributed by atoms with Crippen molar-refractivity contribution in [3.05, 3.63) is 30.2 Å². The molecule has 0 amide bonds.